The highest BCUT2D eigenvalue weighted by Crippen LogP contribution is 2.31. The van der Waals surface area contributed by atoms with Crippen molar-refractivity contribution in [2.45, 2.75) is 40.2 Å². The maximum atomic E-state index is 6.26. The number of nitrogens with zero attached hydrogens (tertiary/aromatic N) is 2. The Morgan fingerprint density at radius 2 is 1.90 bits per heavy atom. The Morgan fingerprint density at radius 1 is 1.19 bits per heavy atom. The van der Waals surface area contributed by atoms with E-state index in [1.165, 1.54) is 0 Å². The van der Waals surface area contributed by atoms with Crippen LogP contribution in [-0.2, 0) is 6.61 Å². The average Bonchev–Trinajstić information content (AvgIpc) is 2.36. The van der Waals surface area contributed by atoms with Crippen LogP contribution in [-0.4, -0.2) is 9.97 Å². The predicted octanol–water partition coefficient (Wildman–Crippen LogP) is 4.03. The molecule has 2 N–H and O–H groups in total. The van der Waals surface area contributed by atoms with Gasteiger partial charge in [0.05, 0.1) is 0 Å². The number of halogens is 1. The van der Waals surface area contributed by atoms with Crippen molar-refractivity contribution in [1.29, 1.82) is 0 Å². The minimum Gasteiger partial charge on any atom is -0.485 e. The van der Waals surface area contributed by atoms with E-state index < -0.39 is 0 Å². The number of nitrogens with two attached hydrogens (primary N) is 1. The molecule has 0 atom stereocenters. The second-order valence-corrected chi connectivity index (χ2v) is 5.84. The van der Waals surface area contributed by atoms with Gasteiger partial charge in [0.15, 0.2) is 5.82 Å². The molecule has 0 spiro atoms. The first-order valence-corrected chi connectivity index (χ1v) is 7.27. The van der Waals surface area contributed by atoms with Gasteiger partial charge in [0.25, 0.3) is 0 Å². The van der Waals surface area contributed by atoms with E-state index in [9.17, 15) is 0 Å². The Kier molecular flexibility index (Phi) is 4.68. The highest BCUT2D eigenvalue weighted by atomic mass is 35.5. The van der Waals surface area contributed by atoms with E-state index >= 15 is 0 Å². The van der Waals surface area contributed by atoms with Crippen LogP contribution in [0.15, 0.2) is 18.2 Å². The van der Waals surface area contributed by atoms with Gasteiger partial charge in [-0.15, -0.1) is 0 Å². The van der Waals surface area contributed by atoms with Crippen LogP contribution in [0.1, 0.15) is 42.4 Å². The van der Waals surface area contributed by atoms with E-state index in [-0.39, 0.29) is 6.61 Å². The first-order valence-electron chi connectivity index (χ1n) is 6.89. The lowest BCUT2D eigenvalue weighted by atomic mass is 10.0. The molecule has 1 aromatic heterocycles. The monoisotopic (exact) mass is 305 g/mol. The molecule has 2 aromatic rings. The fourth-order valence-electron chi connectivity index (χ4n) is 2.13. The summed E-state index contributed by atoms with van der Waals surface area (Å²) in [7, 11) is 0. The SMILES string of the molecule is Cc1cc(N)nc(COc2cc(C(C)C)c(Cl)cc2C)n1. The third-order valence-electron chi connectivity index (χ3n) is 3.19. The van der Waals surface area contributed by atoms with Gasteiger partial charge in [-0.05, 0) is 43.0 Å². The number of anilines is 1. The van der Waals surface area contributed by atoms with Crippen molar-refractivity contribution in [3.8, 4) is 5.75 Å². The second kappa shape index (κ2) is 6.31. The summed E-state index contributed by atoms with van der Waals surface area (Å²) in [6.07, 6.45) is 0. The Bertz CT molecular complexity index is 636. The molecule has 1 aromatic carbocycles. The molecule has 0 saturated carbocycles. The van der Waals surface area contributed by atoms with E-state index in [0.717, 1.165) is 27.6 Å². The lowest BCUT2D eigenvalue weighted by molar-refractivity contribution is 0.293. The number of aromatic nitrogens is 2. The molecule has 1 heterocycles. The van der Waals surface area contributed by atoms with Crippen LogP contribution in [0.4, 0.5) is 5.82 Å². The zero-order valence-electron chi connectivity index (χ0n) is 12.8. The van der Waals surface area contributed by atoms with Crippen molar-refractivity contribution in [1.82, 2.24) is 9.97 Å². The Balaban J connectivity index is 2.21. The number of benzene rings is 1. The van der Waals surface area contributed by atoms with Gasteiger partial charge in [0.1, 0.15) is 18.2 Å². The highest BCUT2D eigenvalue weighted by molar-refractivity contribution is 6.31. The predicted molar refractivity (Wildman–Crippen MR) is 85.8 cm³/mol. The van der Waals surface area contributed by atoms with Crippen LogP contribution in [0.3, 0.4) is 0 Å². The molecule has 0 aliphatic heterocycles. The minimum atomic E-state index is 0.284. The zero-order chi connectivity index (χ0) is 15.6. The number of ether oxygens (including phenoxy) is 1. The van der Waals surface area contributed by atoms with Gasteiger partial charge in [-0.25, -0.2) is 9.97 Å². The van der Waals surface area contributed by atoms with E-state index in [1.807, 2.05) is 26.0 Å². The van der Waals surface area contributed by atoms with Crippen LogP contribution in [0.2, 0.25) is 5.02 Å². The van der Waals surface area contributed by atoms with Gasteiger partial charge in [-0.3, -0.25) is 0 Å². The molecular weight excluding hydrogens is 286 g/mol. The standard InChI is InChI=1S/C16H20ClN3O/c1-9(2)12-7-14(10(3)5-13(12)17)21-8-16-19-11(4)6-15(18)20-16/h5-7,9H,8H2,1-4H3,(H2,18,19,20). The zero-order valence-corrected chi connectivity index (χ0v) is 13.5. The first-order chi connectivity index (χ1) is 9.86. The molecular formula is C16H20ClN3O. The lowest BCUT2D eigenvalue weighted by Crippen LogP contribution is -2.06. The molecule has 2 rings (SSSR count). The first kappa shape index (κ1) is 15.6. The van der Waals surface area contributed by atoms with Gasteiger partial charge in [0.2, 0.25) is 0 Å². The van der Waals surface area contributed by atoms with Crippen molar-refractivity contribution in [3.63, 3.8) is 0 Å². The molecule has 5 heteroatoms. The summed E-state index contributed by atoms with van der Waals surface area (Å²) in [5.41, 5.74) is 8.61. The summed E-state index contributed by atoms with van der Waals surface area (Å²) in [5.74, 6) is 2.17. The molecule has 0 unspecified atom stereocenters. The lowest BCUT2D eigenvalue weighted by Gasteiger charge is -2.14. The third-order valence-corrected chi connectivity index (χ3v) is 3.52. The number of hydrogen-bond donors (Lipinski definition) is 1. The Labute approximate surface area is 130 Å². The molecule has 0 saturated heterocycles. The van der Waals surface area contributed by atoms with Crippen LogP contribution in [0.25, 0.3) is 0 Å². The summed E-state index contributed by atoms with van der Waals surface area (Å²) in [6, 6.07) is 5.65. The van der Waals surface area contributed by atoms with E-state index in [0.29, 0.717) is 17.6 Å². The highest BCUT2D eigenvalue weighted by Gasteiger charge is 2.11. The quantitative estimate of drug-likeness (QED) is 0.926. The maximum absolute atomic E-state index is 6.26. The average molecular weight is 306 g/mol. The summed E-state index contributed by atoms with van der Waals surface area (Å²) in [6.45, 7) is 8.34. The van der Waals surface area contributed by atoms with Crippen LogP contribution >= 0.6 is 11.6 Å². The summed E-state index contributed by atoms with van der Waals surface area (Å²) in [4.78, 5) is 8.48. The summed E-state index contributed by atoms with van der Waals surface area (Å²) >= 11 is 6.26. The van der Waals surface area contributed by atoms with Gasteiger partial charge < -0.3 is 10.5 Å². The molecule has 21 heavy (non-hydrogen) atoms. The van der Waals surface area contributed by atoms with Gasteiger partial charge >= 0.3 is 0 Å². The number of rotatable bonds is 4. The van der Waals surface area contributed by atoms with Gasteiger partial charge in [-0.2, -0.15) is 0 Å². The molecule has 0 aliphatic carbocycles. The topological polar surface area (TPSA) is 61.0 Å². The van der Waals surface area contributed by atoms with Crippen LogP contribution in [0.5, 0.6) is 5.75 Å². The van der Waals surface area contributed by atoms with Gasteiger partial charge in [0, 0.05) is 16.8 Å². The van der Waals surface area contributed by atoms with Crippen molar-refractivity contribution in [3.05, 3.63) is 45.9 Å². The van der Waals surface area contributed by atoms with E-state index in [4.69, 9.17) is 22.1 Å². The van der Waals surface area contributed by atoms with Crippen molar-refractivity contribution in [2.24, 2.45) is 0 Å². The van der Waals surface area contributed by atoms with Gasteiger partial charge in [-0.1, -0.05) is 25.4 Å². The number of aryl methyl sites for hydroxylation is 2. The van der Waals surface area contributed by atoms with Crippen molar-refractivity contribution < 1.29 is 4.74 Å². The maximum Gasteiger partial charge on any atom is 0.168 e. The van der Waals surface area contributed by atoms with E-state index in [1.54, 1.807) is 6.07 Å². The molecule has 0 fully saturated rings. The Hall–Kier alpha value is -1.81. The molecule has 4 nitrogen and oxygen atoms in total. The van der Waals surface area contributed by atoms with Crippen LogP contribution < -0.4 is 10.5 Å². The Morgan fingerprint density at radius 3 is 2.52 bits per heavy atom. The summed E-state index contributed by atoms with van der Waals surface area (Å²) in [5, 5.41) is 0.769. The van der Waals surface area contributed by atoms with E-state index in [2.05, 4.69) is 23.8 Å². The molecule has 0 radical (unpaired) electrons. The summed E-state index contributed by atoms with van der Waals surface area (Å²) < 4.78 is 5.84. The molecule has 0 aliphatic rings. The third kappa shape index (κ3) is 3.85. The van der Waals surface area contributed by atoms with Crippen molar-refractivity contribution in [2.75, 3.05) is 5.73 Å². The minimum absolute atomic E-state index is 0.284. The van der Waals surface area contributed by atoms with Crippen molar-refractivity contribution >= 4 is 17.4 Å². The molecule has 0 amide bonds. The normalized spacial score (nSPS) is 11.0. The largest absolute Gasteiger partial charge is 0.485 e. The smallest absolute Gasteiger partial charge is 0.168 e. The van der Waals surface area contributed by atoms with Crippen LogP contribution in [0, 0.1) is 13.8 Å². The second-order valence-electron chi connectivity index (χ2n) is 5.43. The number of hydrogen-bond acceptors (Lipinski definition) is 4. The molecule has 112 valence electrons. The fourth-order valence-corrected chi connectivity index (χ4v) is 2.57. The number of nitrogen functional groups attached to an aromatic ring is 1. The fraction of sp³-hybridized carbons (Fsp3) is 0.375. The molecule has 0 bridgehead atoms.